The van der Waals surface area contributed by atoms with Gasteiger partial charge >= 0.3 is 0 Å². The molecular weight excluding hydrogens is 308 g/mol. The Morgan fingerprint density at radius 2 is 2.21 bits per heavy atom. The third kappa shape index (κ3) is 3.03. The van der Waals surface area contributed by atoms with Crippen LogP contribution < -0.4 is 10.5 Å². The van der Waals surface area contributed by atoms with Crippen molar-refractivity contribution in [2.75, 3.05) is 4.72 Å². The number of sulfonamides is 1. The van der Waals surface area contributed by atoms with Gasteiger partial charge in [0.1, 0.15) is 4.99 Å². The minimum absolute atomic E-state index is 0.00565. The van der Waals surface area contributed by atoms with E-state index in [-0.39, 0.29) is 20.9 Å². The first-order chi connectivity index (χ1) is 8.90. The van der Waals surface area contributed by atoms with Gasteiger partial charge in [0.2, 0.25) is 5.95 Å². The molecule has 0 spiro atoms. The average Bonchev–Trinajstić information content (AvgIpc) is 2.80. The number of imidazole rings is 1. The SMILES string of the molecule is NC(=S)c1ccc(S(=O)(=O)Nc2ncc[nH]2)cc1Cl. The molecule has 0 atom stereocenters. The normalized spacial score (nSPS) is 11.2. The summed E-state index contributed by atoms with van der Waals surface area (Å²) in [4.78, 5) is 6.51. The first-order valence-corrected chi connectivity index (χ1v) is 7.28. The highest BCUT2D eigenvalue weighted by Gasteiger charge is 2.17. The third-order valence-corrected chi connectivity index (χ3v) is 4.11. The molecular formula is C10H9ClN4O2S2. The topological polar surface area (TPSA) is 101 Å². The number of benzene rings is 1. The summed E-state index contributed by atoms with van der Waals surface area (Å²) in [6, 6.07) is 4.11. The van der Waals surface area contributed by atoms with E-state index < -0.39 is 10.0 Å². The number of nitrogens with zero attached hydrogens (tertiary/aromatic N) is 1. The summed E-state index contributed by atoms with van der Waals surface area (Å²) in [5, 5.41) is 0.176. The van der Waals surface area contributed by atoms with Gasteiger partial charge in [-0.1, -0.05) is 23.8 Å². The van der Waals surface area contributed by atoms with Crippen LogP contribution in [0.5, 0.6) is 0 Å². The Morgan fingerprint density at radius 1 is 1.47 bits per heavy atom. The fourth-order valence-corrected chi connectivity index (χ4v) is 2.96. The minimum Gasteiger partial charge on any atom is -0.389 e. The molecule has 1 aromatic carbocycles. The van der Waals surface area contributed by atoms with Crippen molar-refractivity contribution in [3.8, 4) is 0 Å². The molecule has 4 N–H and O–H groups in total. The van der Waals surface area contributed by atoms with Gasteiger partial charge in [-0.3, -0.25) is 0 Å². The lowest BCUT2D eigenvalue weighted by Gasteiger charge is -2.07. The molecule has 19 heavy (non-hydrogen) atoms. The number of anilines is 1. The smallest absolute Gasteiger partial charge is 0.264 e. The molecule has 1 aromatic heterocycles. The number of nitrogens with one attached hydrogen (secondary N) is 2. The summed E-state index contributed by atoms with van der Waals surface area (Å²) in [5.41, 5.74) is 5.87. The molecule has 100 valence electrons. The Bertz CT molecular complexity index is 713. The Hall–Kier alpha value is -1.64. The second-order valence-electron chi connectivity index (χ2n) is 3.55. The van der Waals surface area contributed by atoms with Crippen molar-refractivity contribution in [2.45, 2.75) is 4.90 Å². The van der Waals surface area contributed by atoms with Crippen LogP contribution in [0.3, 0.4) is 0 Å². The minimum atomic E-state index is -3.76. The standard InChI is InChI=1S/C10H9ClN4O2S2/c11-8-5-6(1-2-7(8)9(12)18)19(16,17)15-10-13-3-4-14-10/h1-5H,(H2,12,18)(H2,13,14,15). The fraction of sp³-hybridized carbons (Fsp3) is 0. The quantitative estimate of drug-likeness (QED) is 0.742. The molecule has 0 aliphatic rings. The zero-order valence-electron chi connectivity index (χ0n) is 9.42. The number of aromatic amines is 1. The second-order valence-corrected chi connectivity index (χ2v) is 6.08. The number of thiocarbonyl (C=S) groups is 1. The van der Waals surface area contributed by atoms with Crippen LogP contribution in [0.1, 0.15) is 5.56 Å². The second kappa shape index (κ2) is 5.16. The van der Waals surface area contributed by atoms with Gasteiger partial charge in [-0.2, -0.15) is 0 Å². The molecule has 0 saturated carbocycles. The molecule has 1 heterocycles. The predicted molar refractivity (Wildman–Crippen MR) is 76.7 cm³/mol. The summed E-state index contributed by atoms with van der Waals surface area (Å²) in [6.45, 7) is 0. The van der Waals surface area contributed by atoms with E-state index >= 15 is 0 Å². The van der Waals surface area contributed by atoms with E-state index in [2.05, 4.69) is 14.7 Å². The first kappa shape index (κ1) is 13.8. The van der Waals surface area contributed by atoms with Crippen LogP contribution in [-0.2, 0) is 10.0 Å². The first-order valence-electron chi connectivity index (χ1n) is 5.02. The van der Waals surface area contributed by atoms with Crippen LogP contribution in [0, 0.1) is 0 Å². The van der Waals surface area contributed by atoms with Gasteiger partial charge in [0.15, 0.2) is 0 Å². The maximum atomic E-state index is 12.0. The molecule has 9 heteroatoms. The molecule has 0 aliphatic carbocycles. The summed E-state index contributed by atoms with van der Waals surface area (Å²) < 4.78 is 26.4. The molecule has 2 rings (SSSR count). The maximum Gasteiger partial charge on any atom is 0.264 e. The highest BCUT2D eigenvalue weighted by molar-refractivity contribution is 7.92. The van der Waals surface area contributed by atoms with E-state index in [0.29, 0.717) is 5.56 Å². The molecule has 0 aliphatic heterocycles. The molecule has 0 bridgehead atoms. The number of H-pyrrole nitrogens is 1. The van der Waals surface area contributed by atoms with Gasteiger partial charge in [0.25, 0.3) is 10.0 Å². The lowest BCUT2D eigenvalue weighted by Crippen LogP contribution is -2.15. The monoisotopic (exact) mass is 316 g/mol. The zero-order valence-corrected chi connectivity index (χ0v) is 11.8. The van der Waals surface area contributed by atoms with Crippen molar-refractivity contribution in [3.05, 3.63) is 41.2 Å². The molecule has 0 radical (unpaired) electrons. The van der Waals surface area contributed by atoms with Gasteiger partial charge in [-0.15, -0.1) is 0 Å². The number of hydrogen-bond donors (Lipinski definition) is 3. The van der Waals surface area contributed by atoms with Crippen LogP contribution >= 0.6 is 23.8 Å². The fourth-order valence-electron chi connectivity index (χ4n) is 1.37. The Morgan fingerprint density at radius 3 is 2.74 bits per heavy atom. The van der Waals surface area contributed by atoms with Gasteiger partial charge in [0, 0.05) is 18.0 Å². The molecule has 2 aromatic rings. The van der Waals surface area contributed by atoms with Gasteiger partial charge in [-0.25, -0.2) is 18.1 Å². The van der Waals surface area contributed by atoms with Crippen molar-refractivity contribution in [3.63, 3.8) is 0 Å². The number of aromatic nitrogens is 2. The van der Waals surface area contributed by atoms with Crippen LogP contribution in [0.15, 0.2) is 35.5 Å². The molecule has 0 fully saturated rings. The largest absolute Gasteiger partial charge is 0.389 e. The van der Waals surface area contributed by atoms with E-state index in [1.807, 2.05) is 0 Å². The van der Waals surface area contributed by atoms with Crippen molar-refractivity contribution >= 4 is 44.8 Å². The van der Waals surface area contributed by atoms with Crippen molar-refractivity contribution in [1.82, 2.24) is 9.97 Å². The summed E-state index contributed by atoms with van der Waals surface area (Å²) in [6.07, 6.45) is 2.93. The molecule has 0 unspecified atom stereocenters. The van der Waals surface area contributed by atoms with Crippen LogP contribution in [0.2, 0.25) is 5.02 Å². The van der Waals surface area contributed by atoms with Crippen molar-refractivity contribution in [2.24, 2.45) is 5.73 Å². The van der Waals surface area contributed by atoms with Crippen molar-refractivity contribution < 1.29 is 8.42 Å². The third-order valence-electron chi connectivity index (χ3n) is 2.25. The van der Waals surface area contributed by atoms with Crippen LogP contribution in [0.25, 0.3) is 0 Å². The van der Waals surface area contributed by atoms with Gasteiger partial charge in [0.05, 0.1) is 9.92 Å². The highest BCUT2D eigenvalue weighted by Crippen LogP contribution is 2.22. The molecule has 0 saturated heterocycles. The Labute approximate surface area is 120 Å². The van der Waals surface area contributed by atoms with E-state index in [4.69, 9.17) is 29.6 Å². The predicted octanol–water partition coefficient (Wildman–Crippen LogP) is 1.50. The number of hydrogen-bond acceptors (Lipinski definition) is 4. The summed E-state index contributed by atoms with van der Waals surface area (Å²) in [5.74, 6) is 0.120. The lowest BCUT2D eigenvalue weighted by molar-refractivity contribution is 0.601. The van der Waals surface area contributed by atoms with E-state index in [0.717, 1.165) is 0 Å². The van der Waals surface area contributed by atoms with E-state index in [9.17, 15) is 8.42 Å². The Balaban J connectivity index is 2.36. The van der Waals surface area contributed by atoms with Gasteiger partial charge < -0.3 is 10.7 Å². The Kier molecular flexibility index (Phi) is 3.74. The van der Waals surface area contributed by atoms with Crippen molar-refractivity contribution in [1.29, 1.82) is 0 Å². The van der Waals surface area contributed by atoms with E-state index in [1.165, 1.54) is 30.6 Å². The summed E-state index contributed by atoms with van der Waals surface area (Å²) >= 11 is 10.7. The lowest BCUT2D eigenvalue weighted by atomic mass is 10.2. The number of rotatable bonds is 4. The number of halogens is 1. The highest BCUT2D eigenvalue weighted by atomic mass is 35.5. The number of nitrogens with two attached hydrogens (primary N) is 1. The molecule has 0 amide bonds. The maximum absolute atomic E-state index is 12.0. The summed E-state index contributed by atoms with van der Waals surface area (Å²) in [7, 11) is -3.76. The van der Waals surface area contributed by atoms with E-state index in [1.54, 1.807) is 0 Å². The zero-order chi connectivity index (χ0) is 14.0. The van der Waals surface area contributed by atoms with Crippen LogP contribution in [0.4, 0.5) is 5.95 Å². The van der Waals surface area contributed by atoms with Crippen LogP contribution in [-0.4, -0.2) is 23.4 Å². The molecule has 6 nitrogen and oxygen atoms in total. The van der Waals surface area contributed by atoms with Gasteiger partial charge in [-0.05, 0) is 18.2 Å². The average molecular weight is 317 g/mol.